The number of hydrogen-bond donors (Lipinski definition) is 2. The van der Waals surface area contributed by atoms with Crippen LogP contribution in [-0.4, -0.2) is 0 Å². The van der Waals surface area contributed by atoms with Crippen LogP contribution >= 0.6 is 31.9 Å². The molecule has 0 unspecified atom stereocenters. The molecule has 100 valence electrons. The van der Waals surface area contributed by atoms with Gasteiger partial charge in [-0.1, -0.05) is 19.1 Å². The summed E-state index contributed by atoms with van der Waals surface area (Å²) in [5.74, 6) is 0.341. The van der Waals surface area contributed by atoms with Crippen molar-refractivity contribution in [2.75, 3.05) is 11.5 Å². The SMILES string of the molecule is CCC(c1ccc(N)c(Br)c1)c1ccc(N)c(Br)c1. The van der Waals surface area contributed by atoms with Crippen LogP contribution in [0.2, 0.25) is 0 Å². The van der Waals surface area contributed by atoms with E-state index in [0.717, 1.165) is 26.7 Å². The van der Waals surface area contributed by atoms with Crippen LogP contribution in [0.25, 0.3) is 0 Å². The van der Waals surface area contributed by atoms with Crippen LogP contribution in [0.1, 0.15) is 30.4 Å². The summed E-state index contributed by atoms with van der Waals surface area (Å²) >= 11 is 6.98. The Morgan fingerprint density at radius 2 is 1.32 bits per heavy atom. The maximum absolute atomic E-state index is 5.84. The van der Waals surface area contributed by atoms with Crippen LogP contribution in [0.3, 0.4) is 0 Å². The molecule has 0 aliphatic carbocycles. The lowest BCUT2D eigenvalue weighted by Gasteiger charge is -2.17. The first-order valence-corrected chi connectivity index (χ1v) is 7.71. The smallest absolute Gasteiger partial charge is 0.0458 e. The fourth-order valence-corrected chi connectivity index (χ4v) is 2.98. The Hall–Kier alpha value is -1.00. The van der Waals surface area contributed by atoms with E-state index in [9.17, 15) is 0 Å². The standard InChI is InChI=1S/C15H16Br2N2/c1-2-11(9-3-5-14(18)12(16)7-9)10-4-6-15(19)13(17)8-10/h3-8,11H,2,18-19H2,1H3. The highest BCUT2D eigenvalue weighted by Gasteiger charge is 2.14. The molecule has 0 amide bonds. The van der Waals surface area contributed by atoms with Crippen molar-refractivity contribution in [3.05, 3.63) is 56.5 Å². The zero-order valence-corrected chi connectivity index (χ0v) is 13.8. The Labute approximate surface area is 130 Å². The van der Waals surface area contributed by atoms with E-state index in [1.807, 2.05) is 12.1 Å². The summed E-state index contributed by atoms with van der Waals surface area (Å²) in [5.41, 5.74) is 15.7. The first kappa shape index (κ1) is 14.4. The Kier molecular flexibility index (Phi) is 4.53. The Morgan fingerprint density at radius 1 is 0.895 bits per heavy atom. The molecular formula is C15H16Br2N2. The lowest BCUT2D eigenvalue weighted by atomic mass is 9.89. The number of hydrogen-bond acceptors (Lipinski definition) is 2. The summed E-state index contributed by atoms with van der Waals surface area (Å²) in [6, 6.07) is 12.2. The lowest BCUT2D eigenvalue weighted by Crippen LogP contribution is -2.01. The van der Waals surface area contributed by atoms with Crippen molar-refractivity contribution in [1.29, 1.82) is 0 Å². The molecule has 0 aromatic heterocycles. The number of halogens is 2. The van der Waals surface area contributed by atoms with Gasteiger partial charge in [-0.2, -0.15) is 0 Å². The third-order valence-electron chi connectivity index (χ3n) is 3.26. The van der Waals surface area contributed by atoms with E-state index in [4.69, 9.17) is 11.5 Å². The Bertz CT molecular complexity index is 545. The Balaban J connectivity index is 2.43. The second-order valence-corrected chi connectivity index (χ2v) is 6.23. The van der Waals surface area contributed by atoms with Gasteiger partial charge in [0, 0.05) is 26.2 Å². The quantitative estimate of drug-likeness (QED) is 0.739. The molecule has 2 aromatic rings. The monoisotopic (exact) mass is 382 g/mol. The molecule has 19 heavy (non-hydrogen) atoms. The third-order valence-corrected chi connectivity index (χ3v) is 4.64. The van der Waals surface area contributed by atoms with Crippen LogP contribution in [0.5, 0.6) is 0 Å². The van der Waals surface area contributed by atoms with Crippen LogP contribution in [0.4, 0.5) is 11.4 Å². The molecule has 0 aliphatic heterocycles. The molecular weight excluding hydrogens is 368 g/mol. The molecule has 0 radical (unpaired) electrons. The highest BCUT2D eigenvalue weighted by molar-refractivity contribution is 9.11. The lowest BCUT2D eigenvalue weighted by molar-refractivity contribution is 0.776. The van der Waals surface area contributed by atoms with Crippen molar-refractivity contribution in [3.63, 3.8) is 0 Å². The van der Waals surface area contributed by atoms with E-state index in [1.54, 1.807) is 0 Å². The number of benzene rings is 2. The minimum atomic E-state index is 0.341. The van der Waals surface area contributed by atoms with E-state index in [-0.39, 0.29) is 0 Å². The van der Waals surface area contributed by atoms with Gasteiger partial charge in [-0.3, -0.25) is 0 Å². The molecule has 0 saturated carbocycles. The van der Waals surface area contributed by atoms with Gasteiger partial charge in [0.25, 0.3) is 0 Å². The summed E-state index contributed by atoms with van der Waals surface area (Å²) in [7, 11) is 0. The molecule has 0 bridgehead atoms. The predicted octanol–water partition coefficient (Wildman–Crippen LogP) is 4.92. The summed E-state index contributed by atoms with van der Waals surface area (Å²) in [4.78, 5) is 0. The average Bonchev–Trinajstić information content (AvgIpc) is 2.39. The minimum Gasteiger partial charge on any atom is -0.398 e. The number of rotatable bonds is 3. The zero-order chi connectivity index (χ0) is 14.0. The van der Waals surface area contributed by atoms with Gasteiger partial charge >= 0.3 is 0 Å². The van der Waals surface area contributed by atoms with Crippen molar-refractivity contribution < 1.29 is 0 Å². The highest BCUT2D eigenvalue weighted by Crippen LogP contribution is 2.34. The average molecular weight is 384 g/mol. The fraction of sp³-hybridized carbons (Fsp3) is 0.200. The van der Waals surface area contributed by atoms with E-state index < -0.39 is 0 Å². The topological polar surface area (TPSA) is 52.0 Å². The van der Waals surface area contributed by atoms with Crippen LogP contribution in [0.15, 0.2) is 45.3 Å². The van der Waals surface area contributed by atoms with Crippen molar-refractivity contribution >= 4 is 43.2 Å². The third kappa shape index (κ3) is 3.12. The van der Waals surface area contributed by atoms with Gasteiger partial charge in [0.05, 0.1) is 0 Å². The molecule has 2 rings (SSSR count). The van der Waals surface area contributed by atoms with E-state index >= 15 is 0 Å². The second-order valence-electron chi connectivity index (χ2n) is 4.52. The number of nitrogen functional groups attached to an aromatic ring is 2. The zero-order valence-electron chi connectivity index (χ0n) is 10.7. The maximum atomic E-state index is 5.84. The van der Waals surface area contributed by atoms with Crippen molar-refractivity contribution in [1.82, 2.24) is 0 Å². The molecule has 2 nitrogen and oxygen atoms in total. The van der Waals surface area contributed by atoms with E-state index in [2.05, 4.69) is 63.0 Å². The normalized spacial score (nSPS) is 10.9. The van der Waals surface area contributed by atoms with Gasteiger partial charge in [-0.15, -0.1) is 0 Å². The Morgan fingerprint density at radius 3 is 1.63 bits per heavy atom. The molecule has 0 aliphatic rings. The van der Waals surface area contributed by atoms with Crippen molar-refractivity contribution in [2.24, 2.45) is 0 Å². The van der Waals surface area contributed by atoms with Gasteiger partial charge in [0.1, 0.15) is 0 Å². The summed E-state index contributed by atoms with van der Waals surface area (Å²) in [6.07, 6.45) is 1.02. The highest BCUT2D eigenvalue weighted by atomic mass is 79.9. The summed E-state index contributed by atoms with van der Waals surface area (Å²) < 4.78 is 1.89. The van der Waals surface area contributed by atoms with Crippen LogP contribution in [-0.2, 0) is 0 Å². The molecule has 0 atom stereocenters. The van der Waals surface area contributed by atoms with E-state index in [1.165, 1.54) is 11.1 Å². The van der Waals surface area contributed by atoms with Gasteiger partial charge in [-0.25, -0.2) is 0 Å². The summed E-state index contributed by atoms with van der Waals surface area (Å²) in [5, 5.41) is 0. The first-order valence-electron chi connectivity index (χ1n) is 6.12. The molecule has 2 aromatic carbocycles. The molecule has 0 heterocycles. The molecule has 0 saturated heterocycles. The minimum absolute atomic E-state index is 0.341. The van der Waals surface area contributed by atoms with Crippen molar-refractivity contribution in [3.8, 4) is 0 Å². The predicted molar refractivity (Wildman–Crippen MR) is 89.2 cm³/mol. The second kappa shape index (κ2) is 5.97. The molecule has 4 N–H and O–H groups in total. The fourth-order valence-electron chi connectivity index (χ4n) is 2.18. The molecule has 4 heteroatoms. The maximum Gasteiger partial charge on any atom is 0.0458 e. The largest absolute Gasteiger partial charge is 0.398 e. The van der Waals surface area contributed by atoms with Crippen molar-refractivity contribution in [2.45, 2.75) is 19.3 Å². The van der Waals surface area contributed by atoms with Gasteiger partial charge in [0.2, 0.25) is 0 Å². The molecule has 0 spiro atoms. The van der Waals surface area contributed by atoms with Gasteiger partial charge < -0.3 is 11.5 Å². The number of anilines is 2. The van der Waals surface area contributed by atoms with Gasteiger partial charge in [0.15, 0.2) is 0 Å². The molecule has 0 fully saturated rings. The van der Waals surface area contributed by atoms with Crippen LogP contribution < -0.4 is 11.5 Å². The van der Waals surface area contributed by atoms with Crippen LogP contribution in [0, 0.1) is 0 Å². The number of nitrogens with two attached hydrogens (primary N) is 2. The summed E-state index contributed by atoms with van der Waals surface area (Å²) in [6.45, 7) is 2.18. The first-order chi connectivity index (χ1) is 9.02. The van der Waals surface area contributed by atoms with E-state index in [0.29, 0.717) is 5.92 Å². The van der Waals surface area contributed by atoms with Gasteiger partial charge in [-0.05, 0) is 73.7 Å².